The van der Waals surface area contributed by atoms with E-state index < -0.39 is 5.76 Å². The maximum Gasteiger partial charge on any atom is 0.417 e. The summed E-state index contributed by atoms with van der Waals surface area (Å²) in [5, 5.41) is 3.22. The molecule has 0 atom stereocenters. The molecule has 0 amide bonds. The lowest BCUT2D eigenvalue weighted by Crippen LogP contribution is -2.00. The molecule has 0 saturated heterocycles. The molecule has 2 N–H and O–H groups in total. The molecule has 90 valence electrons. The van der Waals surface area contributed by atoms with E-state index in [0.717, 1.165) is 11.3 Å². The fraction of sp³-hybridized carbons (Fsp3) is 0.0833. The number of hydrogen-bond donors (Lipinski definition) is 2. The van der Waals surface area contributed by atoms with Crippen LogP contribution in [-0.4, -0.2) is 15.0 Å². The Labute approximate surface area is 102 Å². The number of hydrogen-bond acceptors (Lipinski definition) is 5. The van der Waals surface area contributed by atoms with Crippen LogP contribution < -0.4 is 11.1 Å². The molecular weight excluding hydrogens is 232 g/mol. The van der Waals surface area contributed by atoms with Crippen LogP contribution in [0.2, 0.25) is 0 Å². The minimum atomic E-state index is -0.446. The summed E-state index contributed by atoms with van der Waals surface area (Å²) in [4.78, 5) is 21.5. The fourth-order valence-electron chi connectivity index (χ4n) is 1.69. The maximum atomic E-state index is 11.0. The zero-order valence-corrected chi connectivity index (χ0v) is 9.38. The number of fused-ring (bicyclic) bond motifs is 1. The molecule has 2 heterocycles. The van der Waals surface area contributed by atoms with E-state index in [1.807, 2.05) is 12.1 Å². The Morgan fingerprint density at radius 1 is 1.28 bits per heavy atom. The molecular formula is C12H10N4O2. The fourth-order valence-corrected chi connectivity index (χ4v) is 1.69. The molecule has 0 bridgehead atoms. The van der Waals surface area contributed by atoms with Crippen LogP contribution in [-0.2, 0) is 6.54 Å². The predicted octanol–water partition coefficient (Wildman–Crippen LogP) is 1.52. The molecule has 0 aliphatic rings. The van der Waals surface area contributed by atoms with E-state index in [9.17, 15) is 4.79 Å². The Balaban J connectivity index is 1.80. The summed E-state index contributed by atoms with van der Waals surface area (Å²) in [5.41, 5.74) is 3.10. The topological polar surface area (TPSA) is 83.8 Å². The van der Waals surface area contributed by atoms with Crippen LogP contribution >= 0.6 is 0 Å². The summed E-state index contributed by atoms with van der Waals surface area (Å²) in [7, 11) is 0. The van der Waals surface area contributed by atoms with Gasteiger partial charge in [-0.3, -0.25) is 4.98 Å². The van der Waals surface area contributed by atoms with Gasteiger partial charge in [0, 0.05) is 30.2 Å². The number of benzene rings is 1. The number of H-pyrrole nitrogens is 1. The minimum absolute atomic E-state index is 0.446. The van der Waals surface area contributed by atoms with Crippen molar-refractivity contribution in [3.8, 4) is 0 Å². The highest BCUT2D eigenvalue weighted by molar-refractivity contribution is 5.76. The summed E-state index contributed by atoms with van der Waals surface area (Å²) in [6.07, 6.45) is 4.99. The van der Waals surface area contributed by atoms with Crippen molar-refractivity contribution >= 4 is 16.8 Å². The first kappa shape index (κ1) is 10.5. The minimum Gasteiger partial charge on any atom is -0.408 e. The molecule has 0 aliphatic heterocycles. The molecule has 0 spiro atoms. The number of rotatable bonds is 3. The highest BCUT2D eigenvalue weighted by Gasteiger charge is 2.01. The van der Waals surface area contributed by atoms with Crippen molar-refractivity contribution in [1.82, 2.24) is 15.0 Å². The third kappa shape index (κ3) is 2.08. The normalized spacial score (nSPS) is 10.7. The molecule has 2 aromatic heterocycles. The molecule has 1 aromatic carbocycles. The van der Waals surface area contributed by atoms with Crippen molar-refractivity contribution in [2.75, 3.05) is 5.32 Å². The van der Waals surface area contributed by atoms with Gasteiger partial charge in [0.25, 0.3) is 0 Å². The smallest absolute Gasteiger partial charge is 0.408 e. The van der Waals surface area contributed by atoms with Crippen molar-refractivity contribution in [2.24, 2.45) is 0 Å². The third-order valence-corrected chi connectivity index (χ3v) is 2.53. The van der Waals surface area contributed by atoms with E-state index >= 15 is 0 Å². The van der Waals surface area contributed by atoms with Crippen LogP contribution in [0.1, 0.15) is 5.56 Å². The summed E-state index contributed by atoms with van der Waals surface area (Å²) in [6, 6.07) is 5.42. The SMILES string of the molecule is O=c1[nH]c2cc(NCc3cncnc3)ccc2o1. The number of nitrogens with zero attached hydrogens (tertiary/aromatic N) is 2. The van der Waals surface area contributed by atoms with E-state index in [0.29, 0.717) is 17.6 Å². The quantitative estimate of drug-likeness (QED) is 0.727. The first-order chi connectivity index (χ1) is 8.81. The molecule has 0 radical (unpaired) electrons. The second-order valence-corrected chi connectivity index (χ2v) is 3.83. The zero-order valence-electron chi connectivity index (χ0n) is 9.38. The summed E-state index contributed by atoms with van der Waals surface area (Å²) >= 11 is 0. The van der Waals surface area contributed by atoms with Gasteiger partial charge < -0.3 is 9.73 Å². The van der Waals surface area contributed by atoms with Gasteiger partial charge in [-0.05, 0) is 18.2 Å². The van der Waals surface area contributed by atoms with Gasteiger partial charge in [0.1, 0.15) is 6.33 Å². The van der Waals surface area contributed by atoms with Gasteiger partial charge in [0.2, 0.25) is 0 Å². The Kier molecular flexibility index (Phi) is 2.53. The number of nitrogens with one attached hydrogen (secondary N) is 2. The zero-order chi connectivity index (χ0) is 12.4. The van der Waals surface area contributed by atoms with Crippen molar-refractivity contribution in [3.05, 3.63) is 53.0 Å². The first-order valence-corrected chi connectivity index (χ1v) is 5.42. The first-order valence-electron chi connectivity index (χ1n) is 5.42. The van der Waals surface area contributed by atoms with E-state index in [-0.39, 0.29) is 0 Å². The molecule has 6 heteroatoms. The predicted molar refractivity (Wildman–Crippen MR) is 66.2 cm³/mol. The Morgan fingerprint density at radius 3 is 2.94 bits per heavy atom. The Hall–Kier alpha value is -2.63. The Bertz CT molecular complexity index is 718. The molecule has 0 saturated carbocycles. The Morgan fingerprint density at radius 2 is 2.11 bits per heavy atom. The monoisotopic (exact) mass is 242 g/mol. The molecule has 0 aliphatic carbocycles. The van der Waals surface area contributed by atoms with Crippen LogP contribution in [0.4, 0.5) is 5.69 Å². The average molecular weight is 242 g/mol. The second-order valence-electron chi connectivity index (χ2n) is 3.83. The van der Waals surface area contributed by atoms with Gasteiger partial charge >= 0.3 is 5.76 Å². The molecule has 0 fully saturated rings. The maximum absolute atomic E-state index is 11.0. The van der Waals surface area contributed by atoms with Gasteiger partial charge in [-0.15, -0.1) is 0 Å². The van der Waals surface area contributed by atoms with Crippen LogP contribution in [0.5, 0.6) is 0 Å². The van der Waals surface area contributed by atoms with E-state index in [2.05, 4.69) is 20.3 Å². The molecule has 3 rings (SSSR count). The van der Waals surface area contributed by atoms with Crippen molar-refractivity contribution in [2.45, 2.75) is 6.54 Å². The highest BCUT2D eigenvalue weighted by atomic mass is 16.4. The lowest BCUT2D eigenvalue weighted by atomic mass is 10.2. The van der Waals surface area contributed by atoms with Gasteiger partial charge in [-0.2, -0.15) is 0 Å². The molecule has 0 unspecified atom stereocenters. The highest BCUT2D eigenvalue weighted by Crippen LogP contribution is 2.16. The van der Waals surface area contributed by atoms with Gasteiger partial charge in [0.05, 0.1) is 5.52 Å². The molecule has 3 aromatic rings. The van der Waals surface area contributed by atoms with Crippen molar-refractivity contribution in [3.63, 3.8) is 0 Å². The number of anilines is 1. The van der Waals surface area contributed by atoms with Gasteiger partial charge in [0.15, 0.2) is 5.58 Å². The standard InChI is InChI=1S/C12H10N4O2/c17-12-16-10-3-9(1-2-11(10)18-12)15-6-8-4-13-7-14-5-8/h1-5,7,15H,6H2,(H,16,17). The van der Waals surface area contributed by atoms with Crippen LogP contribution in [0.15, 0.2) is 46.1 Å². The van der Waals surface area contributed by atoms with E-state index in [1.165, 1.54) is 6.33 Å². The number of aromatic amines is 1. The number of oxazole rings is 1. The van der Waals surface area contributed by atoms with Gasteiger partial charge in [-0.1, -0.05) is 0 Å². The van der Waals surface area contributed by atoms with Gasteiger partial charge in [-0.25, -0.2) is 14.8 Å². The van der Waals surface area contributed by atoms with E-state index in [1.54, 1.807) is 18.5 Å². The third-order valence-electron chi connectivity index (χ3n) is 2.53. The van der Waals surface area contributed by atoms with E-state index in [4.69, 9.17) is 4.42 Å². The lowest BCUT2D eigenvalue weighted by molar-refractivity contribution is 0.555. The summed E-state index contributed by atoms with van der Waals surface area (Å²) < 4.78 is 4.93. The molecule has 6 nitrogen and oxygen atoms in total. The average Bonchev–Trinajstić information content (AvgIpc) is 2.77. The summed E-state index contributed by atoms with van der Waals surface area (Å²) in [5.74, 6) is -0.446. The van der Waals surface area contributed by atoms with Crippen LogP contribution in [0.25, 0.3) is 11.1 Å². The lowest BCUT2D eigenvalue weighted by Gasteiger charge is -2.05. The second kappa shape index (κ2) is 4.33. The van der Waals surface area contributed by atoms with Crippen LogP contribution in [0.3, 0.4) is 0 Å². The number of aromatic nitrogens is 3. The largest absolute Gasteiger partial charge is 0.417 e. The molecule has 18 heavy (non-hydrogen) atoms. The summed E-state index contributed by atoms with van der Waals surface area (Å²) in [6.45, 7) is 0.619. The van der Waals surface area contributed by atoms with Crippen molar-refractivity contribution < 1.29 is 4.42 Å². The van der Waals surface area contributed by atoms with Crippen molar-refractivity contribution in [1.29, 1.82) is 0 Å². The van der Waals surface area contributed by atoms with Crippen LogP contribution in [0, 0.1) is 0 Å².